The number of ether oxygens (including phenoxy) is 1. The first kappa shape index (κ1) is 13.1. The van der Waals surface area contributed by atoms with E-state index in [0.29, 0.717) is 5.02 Å². The topological polar surface area (TPSA) is 75.6 Å². The molecule has 1 aromatic carbocycles. The molecule has 0 saturated heterocycles. The van der Waals surface area contributed by atoms with E-state index in [0.717, 1.165) is 0 Å². The lowest BCUT2D eigenvalue weighted by molar-refractivity contribution is 0.217. The van der Waals surface area contributed by atoms with Gasteiger partial charge in [0.15, 0.2) is 0 Å². The van der Waals surface area contributed by atoms with Gasteiger partial charge in [-0.3, -0.25) is 4.72 Å². The predicted octanol–water partition coefficient (Wildman–Crippen LogP) is 1.43. The second-order valence-electron chi connectivity index (χ2n) is 3.08. The Morgan fingerprint density at radius 2 is 2.19 bits per heavy atom. The quantitative estimate of drug-likeness (QED) is 0.790. The Kier molecular flexibility index (Phi) is 4.40. The second kappa shape index (κ2) is 5.38. The van der Waals surface area contributed by atoms with Gasteiger partial charge in [0.25, 0.3) is 0 Å². The minimum Gasteiger partial charge on any atom is -0.506 e. The number of phenols is 1. The number of hydrogen-bond donors (Lipinski definition) is 2. The van der Waals surface area contributed by atoms with Crippen LogP contribution < -0.4 is 4.72 Å². The van der Waals surface area contributed by atoms with Crippen molar-refractivity contribution >= 4 is 27.3 Å². The Morgan fingerprint density at radius 1 is 1.50 bits per heavy atom. The predicted molar refractivity (Wildman–Crippen MR) is 62.4 cm³/mol. The molecule has 0 bridgehead atoms. The molecule has 0 aliphatic carbocycles. The molecule has 5 nitrogen and oxygen atoms in total. The van der Waals surface area contributed by atoms with Crippen LogP contribution >= 0.6 is 11.6 Å². The minimum absolute atomic E-state index is 0.0589. The number of aromatic hydroxyl groups is 1. The lowest BCUT2D eigenvalue weighted by atomic mass is 10.3. The lowest BCUT2D eigenvalue weighted by Crippen LogP contribution is -2.19. The summed E-state index contributed by atoms with van der Waals surface area (Å²) in [6, 6.07) is 4.11. The van der Waals surface area contributed by atoms with Crippen molar-refractivity contribution < 1.29 is 18.3 Å². The fourth-order valence-corrected chi connectivity index (χ4v) is 2.16. The smallest absolute Gasteiger partial charge is 0.235 e. The molecule has 0 amide bonds. The number of phenolic OH excluding ortho intramolecular Hbond substituents is 1. The Hall–Kier alpha value is -0.980. The number of rotatable bonds is 5. The third-order valence-corrected chi connectivity index (χ3v) is 3.25. The van der Waals surface area contributed by atoms with E-state index < -0.39 is 10.0 Å². The van der Waals surface area contributed by atoms with E-state index in [4.69, 9.17) is 11.6 Å². The molecule has 0 atom stereocenters. The molecule has 0 aliphatic heterocycles. The molecule has 0 aliphatic rings. The molecule has 0 fully saturated rings. The van der Waals surface area contributed by atoms with Crippen LogP contribution in [0.3, 0.4) is 0 Å². The summed E-state index contributed by atoms with van der Waals surface area (Å²) >= 11 is 5.68. The molecular weight excluding hydrogens is 254 g/mol. The van der Waals surface area contributed by atoms with Crippen molar-refractivity contribution in [2.75, 3.05) is 24.2 Å². The Bertz CT molecular complexity index is 461. The molecule has 2 N–H and O–H groups in total. The summed E-state index contributed by atoms with van der Waals surface area (Å²) in [5.41, 5.74) is 0.0589. The van der Waals surface area contributed by atoms with Crippen molar-refractivity contribution in [2.45, 2.75) is 0 Å². The summed E-state index contributed by atoms with van der Waals surface area (Å²) in [5, 5.41) is 9.74. The van der Waals surface area contributed by atoms with Crippen molar-refractivity contribution in [1.29, 1.82) is 0 Å². The fourth-order valence-electron chi connectivity index (χ4n) is 1.00. The number of nitrogens with one attached hydrogen (secondary N) is 1. The van der Waals surface area contributed by atoms with Crippen molar-refractivity contribution in [3.8, 4) is 5.75 Å². The van der Waals surface area contributed by atoms with Crippen LogP contribution in [0.2, 0.25) is 5.02 Å². The first-order chi connectivity index (χ1) is 7.44. The molecule has 0 heterocycles. The maximum Gasteiger partial charge on any atom is 0.235 e. The standard InChI is InChI=1S/C9H12ClNO4S/c1-15-4-5-16(13,14)11-8-6-7(10)2-3-9(8)12/h2-3,6,11-12H,4-5H2,1H3. The van der Waals surface area contributed by atoms with Gasteiger partial charge in [0.2, 0.25) is 10.0 Å². The van der Waals surface area contributed by atoms with Crippen LogP contribution in [0.5, 0.6) is 5.75 Å². The van der Waals surface area contributed by atoms with Crippen LogP contribution in [0, 0.1) is 0 Å². The highest BCUT2D eigenvalue weighted by molar-refractivity contribution is 7.92. The van der Waals surface area contributed by atoms with Gasteiger partial charge in [0, 0.05) is 12.1 Å². The average Bonchev–Trinajstić information content (AvgIpc) is 2.20. The number of anilines is 1. The van der Waals surface area contributed by atoms with Gasteiger partial charge >= 0.3 is 0 Å². The van der Waals surface area contributed by atoms with Gasteiger partial charge in [-0.25, -0.2) is 8.42 Å². The molecule has 90 valence electrons. The molecule has 16 heavy (non-hydrogen) atoms. The lowest BCUT2D eigenvalue weighted by Gasteiger charge is -2.09. The summed E-state index contributed by atoms with van der Waals surface area (Å²) in [6.45, 7) is 0.0800. The molecule has 0 saturated carbocycles. The van der Waals surface area contributed by atoms with Gasteiger partial charge in [-0.05, 0) is 18.2 Å². The van der Waals surface area contributed by atoms with Crippen LogP contribution in [0.15, 0.2) is 18.2 Å². The molecule has 1 aromatic rings. The molecule has 0 radical (unpaired) electrons. The highest BCUT2D eigenvalue weighted by atomic mass is 35.5. The third-order valence-electron chi connectivity index (χ3n) is 1.78. The van der Waals surface area contributed by atoms with E-state index in [1.54, 1.807) is 0 Å². The molecule has 0 unspecified atom stereocenters. The zero-order valence-corrected chi connectivity index (χ0v) is 10.2. The molecular formula is C9H12ClNO4S. The van der Waals surface area contributed by atoms with Crippen LogP contribution in [-0.4, -0.2) is 33.0 Å². The number of halogens is 1. The van der Waals surface area contributed by atoms with Gasteiger partial charge in [-0.1, -0.05) is 11.6 Å². The number of sulfonamides is 1. The number of hydrogen-bond acceptors (Lipinski definition) is 4. The van der Waals surface area contributed by atoms with Gasteiger partial charge in [0.05, 0.1) is 18.0 Å². The van der Waals surface area contributed by atoms with Crippen LogP contribution in [0.25, 0.3) is 0 Å². The second-order valence-corrected chi connectivity index (χ2v) is 5.35. The fraction of sp³-hybridized carbons (Fsp3) is 0.333. The van der Waals surface area contributed by atoms with Crippen molar-refractivity contribution in [1.82, 2.24) is 0 Å². The Morgan fingerprint density at radius 3 is 2.81 bits per heavy atom. The van der Waals surface area contributed by atoms with Gasteiger partial charge in [0.1, 0.15) is 5.75 Å². The Labute approximate surface area is 99.0 Å². The van der Waals surface area contributed by atoms with Crippen LogP contribution in [-0.2, 0) is 14.8 Å². The largest absolute Gasteiger partial charge is 0.506 e. The van der Waals surface area contributed by atoms with E-state index in [1.165, 1.54) is 25.3 Å². The van der Waals surface area contributed by atoms with E-state index in [9.17, 15) is 13.5 Å². The van der Waals surface area contributed by atoms with Gasteiger partial charge < -0.3 is 9.84 Å². The molecule has 1 rings (SSSR count). The van der Waals surface area contributed by atoms with Crippen LogP contribution in [0.1, 0.15) is 0 Å². The highest BCUT2D eigenvalue weighted by Gasteiger charge is 2.12. The first-order valence-corrected chi connectivity index (χ1v) is 6.45. The van der Waals surface area contributed by atoms with Gasteiger partial charge in [-0.15, -0.1) is 0 Å². The van der Waals surface area contributed by atoms with E-state index in [2.05, 4.69) is 9.46 Å². The zero-order valence-electron chi connectivity index (χ0n) is 8.60. The molecule has 0 spiro atoms. The number of methoxy groups -OCH3 is 1. The average molecular weight is 266 g/mol. The van der Waals surface area contributed by atoms with Crippen LogP contribution in [0.4, 0.5) is 5.69 Å². The normalized spacial score (nSPS) is 11.4. The number of benzene rings is 1. The monoisotopic (exact) mass is 265 g/mol. The molecule has 7 heteroatoms. The third kappa shape index (κ3) is 3.88. The van der Waals surface area contributed by atoms with E-state index in [1.807, 2.05) is 0 Å². The summed E-state index contributed by atoms with van der Waals surface area (Å²) in [6.07, 6.45) is 0. The summed E-state index contributed by atoms with van der Waals surface area (Å²) in [4.78, 5) is 0. The summed E-state index contributed by atoms with van der Waals surface area (Å²) < 4.78 is 29.8. The maximum atomic E-state index is 11.5. The maximum absolute atomic E-state index is 11.5. The highest BCUT2D eigenvalue weighted by Crippen LogP contribution is 2.27. The molecule has 0 aromatic heterocycles. The Balaban J connectivity index is 2.83. The first-order valence-electron chi connectivity index (χ1n) is 4.42. The summed E-state index contributed by atoms with van der Waals surface area (Å²) in [7, 11) is -2.12. The van der Waals surface area contributed by atoms with Crippen molar-refractivity contribution in [3.05, 3.63) is 23.2 Å². The SMILES string of the molecule is COCCS(=O)(=O)Nc1cc(Cl)ccc1O. The zero-order chi connectivity index (χ0) is 12.2. The van der Waals surface area contributed by atoms with E-state index in [-0.39, 0.29) is 23.8 Å². The minimum atomic E-state index is -3.53. The van der Waals surface area contributed by atoms with Gasteiger partial charge in [-0.2, -0.15) is 0 Å². The van der Waals surface area contributed by atoms with E-state index >= 15 is 0 Å². The summed E-state index contributed by atoms with van der Waals surface area (Å²) in [5.74, 6) is -0.361. The van der Waals surface area contributed by atoms with Crippen molar-refractivity contribution in [3.63, 3.8) is 0 Å². The van der Waals surface area contributed by atoms with Crippen molar-refractivity contribution in [2.24, 2.45) is 0 Å².